The lowest BCUT2D eigenvalue weighted by Crippen LogP contribution is -2.31. The van der Waals surface area contributed by atoms with E-state index in [1.54, 1.807) is 42.5 Å². The minimum atomic E-state index is -1.00. The van der Waals surface area contributed by atoms with E-state index < -0.39 is 18.0 Å². The predicted octanol–water partition coefficient (Wildman–Crippen LogP) is 3.92. The van der Waals surface area contributed by atoms with Crippen LogP contribution in [0.1, 0.15) is 12.5 Å². The molecule has 0 bridgehead atoms. The van der Waals surface area contributed by atoms with Crippen molar-refractivity contribution in [3.63, 3.8) is 0 Å². The van der Waals surface area contributed by atoms with Gasteiger partial charge in [-0.2, -0.15) is 5.26 Å². The van der Waals surface area contributed by atoms with Crippen LogP contribution in [0.5, 0.6) is 5.75 Å². The molecule has 1 atom stereocenters. The van der Waals surface area contributed by atoms with E-state index in [1.807, 2.05) is 6.07 Å². The molecule has 6 nitrogen and oxygen atoms in total. The fourth-order valence-electron chi connectivity index (χ4n) is 1.89. The van der Waals surface area contributed by atoms with Gasteiger partial charge in [-0.1, -0.05) is 11.6 Å². The molecular formula is C18H14BrClN2O4. The number of esters is 1. The highest BCUT2D eigenvalue weighted by Crippen LogP contribution is 2.27. The van der Waals surface area contributed by atoms with Gasteiger partial charge in [0.25, 0.3) is 5.91 Å². The number of benzene rings is 2. The molecule has 26 heavy (non-hydrogen) atoms. The Balaban J connectivity index is 1.83. The first-order valence-corrected chi connectivity index (χ1v) is 8.64. The Morgan fingerprint density at radius 1 is 1.27 bits per heavy atom. The van der Waals surface area contributed by atoms with Crippen LogP contribution in [0.4, 0.5) is 5.69 Å². The maximum Gasteiger partial charge on any atom is 0.344 e. The summed E-state index contributed by atoms with van der Waals surface area (Å²) in [6.07, 6.45) is -1.00. The molecule has 0 saturated carbocycles. The number of nitrogens with one attached hydrogen (secondary N) is 1. The second-order valence-corrected chi connectivity index (χ2v) is 6.46. The van der Waals surface area contributed by atoms with Gasteiger partial charge in [0.15, 0.2) is 12.7 Å². The quantitative estimate of drug-likeness (QED) is 0.692. The van der Waals surface area contributed by atoms with E-state index in [1.165, 1.54) is 6.92 Å². The molecule has 0 aliphatic rings. The maximum atomic E-state index is 12.1. The normalized spacial score (nSPS) is 11.2. The predicted molar refractivity (Wildman–Crippen MR) is 100.0 cm³/mol. The van der Waals surface area contributed by atoms with Crippen LogP contribution in [0.15, 0.2) is 46.9 Å². The fraction of sp³-hybridized carbons (Fsp3) is 0.167. The summed E-state index contributed by atoms with van der Waals surface area (Å²) in [5.74, 6) is -0.744. The minimum Gasteiger partial charge on any atom is -0.481 e. The SMILES string of the molecule is CC(OC(=O)COc1ccc(Cl)cc1Br)C(=O)Nc1ccc(C#N)cc1. The summed E-state index contributed by atoms with van der Waals surface area (Å²) < 4.78 is 11.0. The molecule has 2 rings (SSSR count). The lowest BCUT2D eigenvalue weighted by Gasteiger charge is -2.14. The topological polar surface area (TPSA) is 88.4 Å². The second-order valence-electron chi connectivity index (χ2n) is 5.17. The van der Waals surface area contributed by atoms with Gasteiger partial charge in [0, 0.05) is 10.7 Å². The van der Waals surface area contributed by atoms with Crippen LogP contribution >= 0.6 is 27.5 Å². The number of amides is 1. The third-order valence-electron chi connectivity index (χ3n) is 3.20. The number of hydrogen-bond acceptors (Lipinski definition) is 5. The molecule has 0 aliphatic carbocycles. The zero-order valence-electron chi connectivity index (χ0n) is 13.7. The Labute approximate surface area is 163 Å². The van der Waals surface area contributed by atoms with Gasteiger partial charge in [-0.05, 0) is 65.3 Å². The number of carbonyl (C=O) groups is 2. The Morgan fingerprint density at radius 3 is 2.58 bits per heavy atom. The molecule has 1 unspecified atom stereocenters. The molecule has 0 heterocycles. The molecule has 0 aromatic heterocycles. The molecule has 0 radical (unpaired) electrons. The van der Waals surface area contributed by atoms with Gasteiger partial charge in [-0.25, -0.2) is 4.79 Å². The van der Waals surface area contributed by atoms with Crippen LogP contribution in [0.25, 0.3) is 0 Å². The van der Waals surface area contributed by atoms with Crippen molar-refractivity contribution >= 4 is 45.1 Å². The van der Waals surface area contributed by atoms with E-state index in [9.17, 15) is 9.59 Å². The van der Waals surface area contributed by atoms with Crippen molar-refractivity contribution in [3.05, 3.63) is 57.5 Å². The minimum absolute atomic E-state index is 0.352. The van der Waals surface area contributed by atoms with Gasteiger partial charge in [0.05, 0.1) is 16.1 Å². The number of ether oxygens (including phenoxy) is 2. The molecule has 1 N–H and O–H groups in total. The van der Waals surface area contributed by atoms with Crippen molar-refractivity contribution < 1.29 is 19.1 Å². The number of nitrogens with zero attached hydrogens (tertiary/aromatic N) is 1. The van der Waals surface area contributed by atoms with Gasteiger partial charge >= 0.3 is 5.97 Å². The standard InChI is InChI=1S/C18H14BrClN2O4/c1-11(18(24)22-14-5-2-12(9-21)3-6-14)26-17(23)10-25-16-7-4-13(20)8-15(16)19/h2-8,11H,10H2,1H3,(H,22,24). The number of nitriles is 1. The van der Waals surface area contributed by atoms with Crippen LogP contribution in [0.2, 0.25) is 5.02 Å². The van der Waals surface area contributed by atoms with Gasteiger partial charge in [-0.3, -0.25) is 4.79 Å². The number of rotatable bonds is 6. The lowest BCUT2D eigenvalue weighted by molar-refractivity contribution is -0.155. The van der Waals surface area contributed by atoms with Crippen molar-refractivity contribution in [2.75, 3.05) is 11.9 Å². The first-order valence-electron chi connectivity index (χ1n) is 7.47. The number of hydrogen-bond donors (Lipinski definition) is 1. The van der Waals surface area contributed by atoms with Gasteiger partial charge in [0.2, 0.25) is 0 Å². The number of carbonyl (C=O) groups excluding carboxylic acids is 2. The van der Waals surface area contributed by atoms with Crippen molar-refractivity contribution in [3.8, 4) is 11.8 Å². The summed E-state index contributed by atoms with van der Waals surface area (Å²) in [6.45, 7) is 1.10. The summed E-state index contributed by atoms with van der Waals surface area (Å²) in [5.41, 5.74) is 0.978. The lowest BCUT2D eigenvalue weighted by atomic mass is 10.2. The van der Waals surface area contributed by atoms with E-state index >= 15 is 0 Å². The summed E-state index contributed by atoms with van der Waals surface area (Å²) in [7, 11) is 0. The van der Waals surface area contributed by atoms with E-state index in [0.29, 0.717) is 26.5 Å². The molecular weight excluding hydrogens is 424 g/mol. The molecule has 0 fully saturated rings. The van der Waals surface area contributed by atoms with Crippen molar-refractivity contribution in [1.82, 2.24) is 0 Å². The molecule has 0 spiro atoms. The van der Waals surface area contributed by atoms with Crippen LogP contribution in [-0.4, -0.2) is 24.6 Å². The van der Waals surface area contributed by atoms with Gasteiger partial charge in [-0.15, -0.1) is 0 Å². The summed E-state index contributed by atoms with van der Waals surface area (Å²) >= 11 is 9.10. The van der Waals surface area contributed by atoms with Gasteiger partial charge in [0.1, 0.15) is 5.75 Å². The van der Waals surface area contributed by atoms with Crippen LogP contribution in [0, 0.1) is 11.3 Å². The molecule has 1 amide bonds. The Bertz CT molecular complexity index is 849. The zero-order valence-corrected chi connectivity index (χ0v) is 16.0. The highest BCUT2D eigenvalue weighted by molar-refractivity contribution is 9.10. The van der Waals surface area contributed by atoms with Crippen LogP contribution in [-0.2, 0) is 14.3 Å². The van der Waals surface area contributed by atoms with Crippen LogP contribution in [0.3, 0.4) is 0 Å². The van der Waals surface area contributed by atoms with Crippen molar-refractivity contribution in [2.45, 2.75) is 13.0 Å². The smallest absolute Gasteiger partial charge is 0.344 e. The number of anilines is 1. The third kappa shape index (κ3) is 5.76. The maximum absolute atomic E-state index is 12.1. The first-order chi connectivity index (χ1) is 12.4. The van der Waals surface area contributed by atoms with E-state index in [0.717, 1.165) is 0 Å². The van der Waals surface area contributed by atoms with Crippen molar-refractivity contribution in [2.24, 2.45) is 0 Å². The highest BCUT2D eigenvalue weighted by Gasteiger charge is 2.18. The molecule has 8 heteroatoms. The zero-order chi connectivity index (χ0) is 19.1. The van der Waals surface area contributed by atoms with Crippen molar-refractivity contribution in [1.29, 1.82) is 5.26 Å². The van der Waals surface area contributed by atoms with E-state index in [2.05, 4.69) is 21.2 Å². The monoisotopic (exact) mass is 436 g/mol. The average Bonchev–Trinajstić information content (AvgIpc) is 2.61. The first kappa shape index (κ1) is 19.8. The highest BCUT2D eigenvalue weighted by atomic mass is 79.9. The van der Waals surface area contributed by atoms with Gasteiger partial charge < -0.3 is 14.8 Å². The Morgan fingerprint density at radius 2 is 1.96 bits per heavy atom. The molecule has 134 valence electrons. The Kier molecular flexibility index (Phi) is 7.01. The molecule has 0 saturated heterocycles. The molecule has 2 aromatic carbocycles. The summed E-state index contributed by atoms with van der Waals surface area (Å²) in [5, 5.41) is 11.9. The Hall–Kier alpha value is -2.56. The largest absolute Gasteiger partial charge is 0.481 e. The molecule has 0 aliphatic heterocycles. The summed E-state index contributed by atoms with van der Waals surface area (Å²) in [4.78, 5) is 23.9. The van der Waals surface area contributed by atoms with E-state index in [4.69, 9.17) is 26.3 Å². The van der Waals surface area contributed by atoms with Crippen LogP contribution < -0.4 is 10.1 Å². The molecule has 2 aromatic rings. The third-order valence-corrected chi connectivity index (χ3v) is 4.05. The second kappa shape index (κ2) is 9.22. The number of halogens is 2. The fourth-order valence-corrected chi connectivity index (χ4v) is 2.68. The van der Waals surface area contributed by atoms with E-state index in [-0.39, 0.29) is 6.61 Å². The summed E-state index contributed by atoms with van der Waals surface area (Å²) in [6, 6.07) is 13.2. The average molecular weight is 438 g/mol.